The summed E-state index contributed by atoms with van der Waals surface area (Å²) in [4.78, 5) is 25.4. The summed E-state index contributed by atoms with van der Waals surface area (Å²) in [6.07, 6.45) is 0. The van der Waals surface area contributed by atoms with Gasteiger partial charge in [-0.25, -0.2) is 4.39 Å². The van der Waals surface area contributed by atoms with Crippen molar-refractivity contribution in [1.82, 2.24) is 4.90 Å². The van der Waals surface area contributed by atoms with Crippen molar-refractivity contribution < 1.29 is 14.0 Å². The van der Waals surface area contributed by atoms with Crippen LogP contribution in [0.15, 0.2) is 46.9 Å². The van der Waals surface area contributed by atoms with Crippen LogP contribution in [0.5, 0.6) is 0 Å². The van der Waals surface area contributed by atoms with Crippen molar-refractivity contribution in [2.24, 2.45) is 0 Å². The van der Waals surface area contributed by atoms with E-state index in [1.165, 1.54) is 6.07 Å². The highest BCUT2D eigenvalue weighted by Crippen LogP contribution is 2.25. The van der Waals surface area contributed by atoms with Gasteiger partial charge in [-0.1, -0.05) is 34.1 Å². The molecule has 1 aliphatic heterocycles. The lowest BCUT2D eigenvalue weighted by Crippen LogP contribution is -2.29. The minimum atomic E-state index is -0.448. The van der Waals surface area contributed by atoms with E-state index in [9.17, 15) is 14.0 Å². The van der Waals surface area contributed by atoms with E-state index in [2.05, 4.69) is 15.9 Å². The van der Waals surface area contributed by atoms with Crippen molar-refractivity contribution >= 4 is 27.7 Å². The number of nitrogens with zero attached hydrogens (tertiary/aromatic N) is 1. The Hall–Kier alpha value is -2.01. The van der Waals surface area contributed by atoms with Gasteiger partial charge in [0.05, 0.1) is 17.7 Å². The Balaban J connectivity index is 1.94. The van der Waals surface area contributed by atoms with Crippen LogP contribution >= 0.6 is 15.9 Å². The van der Waals surface area contributed by atoms with Crippen LogP contribution in [0.25, 0.3) is 0 Å². The van der Waals surface area contributed by atoms with Crippen LogP contribution in [-0.4, -0.2) is 16.7 Å². The lowest BCUT2D eigenvalue weighted by molar-refractivity contribution is 0.0641. The summed E-state index contributed by atoms with van der Waals surface area (Å²) >= 11 is 3.17. The van der Waals surface area contributed by atoms with Crippen molar-refractivity contribution in [3.05, 3.63) is 69.4 Å². The number of halogens is 2. The molecule has 5 heteroatoms. The Labute approximate surface area is 123 Å². The van der Waals surface area contributed by atoms with Crippen molar-refractivity contribution in [2.45, 2.75) is 6.54 Å². The number of amides is 2. The van der Waals surface area contributed by atoms with Crippen molar-refractivity contribution in [3.8, 4) is 0 Å². The summed E-state index contributed by atoms with van der Waals surface area (Å²) in [7, 11) is 0. The van der Waals surface area contributed by atoms with Crippen LogP contribution in [0.2, 0.25) is 0 Å². The third kappa shape index (κ3) is 2.04. The summed E-state index contributed by atoms with van der Waals surface area (Å²) < 4.78 is 14.4. The number of hydrogen-bond donors (Lipinski definition) is 0. The van der Waals surface area contributed by atoms with E-state index >= 15 is 0 Å². The molecule has 20 heavy (non-hydrogen) atoms. The fraction of sp³-hybridized carbons (Fsp3) is 0.0667. The van der Waals surface area contributed by atoms with Gasteiger partial charge in [-0.05, 0) is 24.3 Å². The first-order valence-corrected chi connectivity index (χ1v) is 6.76. The average molecular weight is 334 g/mol. The maximum absolute atomic E-state index is 13.8. The van der Waals surface area contributed by atoms with E-state index in [4.69, 9.17) is 0 Å². The third-order valence-electron chi connectivity index (χ3n) is 3.22. The number of hydrogen-bond acceptors (Lipinski definition) is 2. The molecule has 0 saturated carbocycles. The van der Waals surface area contributed by atoms with Crippen LogP contribution in [0.3, 0.4) is 0 Å². The predicted molar refractivity (Wildman–Crippen MR) is 74.7 cm³/mol. The monoisotopic (exact) mass is 333 g/mol. The molecule has 1 heterocycles. The average Bonchev–Trinajstić information content (AvgIpc) is 2.67. The minimum absolute atomic E-state index is 0.0640. The highest BCUT2D eigenvalue weighted by Gasteiger charge is 2.35. The zero-order valence-corrected chi connectivity index (χ0v) is 11.9. The van der Waals surface area contributed by atoms with Crippen LogP contribution in [0.4, 0.5) is 4.39 Å². The van der Waals surface area contributed by atoms with Crippen molar-refractivity contribution in [1.29, 1.82) is 0 Å². The van der Waals surface area contributed by atoms with Crippen LogP contribution in [0.1, 0.15) is 26.3 Å². The second kappa shape index (κ2) is 4.83. The smallest absolute Gasteiger partial charge is 0.261 e. The number of imide groups is 1. The zero-order chi connectivity index (χ0) is 14.3. The highest BCUT2D eigenvalue weighted by atomic mass is 79.9. The number of fused-ring (bicyclic) bond motifs is 1. The maximum atomic E-state index is 13.8. The zero-order valence-electron chi connectivity index (χ0n) is 10.3. The van der Waals surface area contributed by atoms with E-state index in [1.54, 1.807) is 36.4 Å². The molecule has 0 aromatic heterocycles. The Morgan fingerprint density at radius 1 is 1.00 bits per heavy atom. The molecule has 2 amide bonds. The SMILES string of the molecule is O=C1c2ccccc2C(=O)N1Cc1ccc(Br)cc1F. The second-order valence-electron chi connectivity index (χ2n) is 4.48. The van der Waals surface area contributed by atoms with Gasteiger partial charge in [-0.3, -0.25) is 14.5 Å². The summed E-state index contributed by atoms with van der Waals surface area (Å²) in [5.74, 6) is -1.21. The van der Waals surface area contributed by atoms with Gasteiger partial charge in [0.2, 0.25) is 0 Å². The third-order valence-corrected chi connectivity index (χ3v) is 3.72. The standard InChI is InChI=1S/C15H9BrFNO2/c16-10-6-5-9(13(17)7-10)8-18-14(19)11-3-1-2-4-12(11)15(18)20/h1-7H,8H2. The molecule has 0 radical (unpaired) electrons. The molecule has 0 unspecified atom stereocenters. The molecule has 0 spiro atoms. The number of benzene rings is 2. The highest BCUT2D eigenvalue weighted by molar-refractivity contribution is 9.10. The van der Waals surface area contributed by atoms with Gasteiger partial charge in [-0.2, -0.15) is 0 Å². The molecule has 0 bridgehead atoms. The first kappa shape index (κ1) is 13.0. The van der Waals surface area contributed by atoms with Crippen molar-refractivity contribution in [3.63, 3.8) is 0 Å². The second-order valence-corrected chi connectivity index (χ2v) is 5.39. The van der Waals surface area contributed by atoms with Gasteiger partial charge < -0.3 is 0 Å². The molecule has 1 aliphatic rings. The summed E-state index contributed by atoms with van der Waals surface area (Å²) in [5.41, 5.74) is 1.05. The van der Waals surface area contributed by atoms with Crippen molar-refractivity contribution in [2.75, 3.05) is 0 Å². The largest absolute Gasteiger partial charge is 0.270 e. The van der Waals surface area contributed by atoms with E-state index in [1.807, 2.05) is 0 Å². The first-order valence-electron chi connectivity index (χ1n) is 5.97. The molecule has 100 valence electrons. The fourth-order valence-electron chi connectivity index (χ4n) is 2.20. The Bertz CT molecular complexity index is 695. The quantitative estimate of drug-likeness (QED) is 0.790. The molecule has 0 fully saturated rings. The molecule has 2 aromatic carbocycles. The summed E-state index contributed by atoms with van der Waals surface area (Å²) in [5, 5.41) is 0. The molecular weight excluding hydrogens is 325 g/mol. The van der Waals surface area contributed by atoms with E-state index in [0.717, 1.165) is 4.90 Å². The number of rotatable bonds is 2. The number of carbonyl (C=O) groups is 2. The van der Waals surface area contributed by atoms with Gasteiger partial charge in [0.15, 0.2) is 0 Å². The normalized spacial score (nSPS) is 13.8. The van der Waals surface area contributed by atoms with E-state index < -0.39 is 5.82 Å². The molecule has 0 N–H and O–H groups in total. The fourth-order valence-corrected chi connectivity index (χ4v) is 2.54. The first-order chi connectivity index (χ1) is 9.58. The minimum Gasteiger partial charge on any atom is -0.270 e. The Morgan fingerprint density at radius 2 is 1.60 bits per heavy atom. The summed E-state index contributed by atoms with van der Waals surface area (Å²) in [6, 6.07) is 11.2. The Morgan fingerprint density at radius 3 is 2.15 bits per heavy atom. The lowest BCUT2D eigenvalue weighted by atomic mass is 10.1. The van der Waals surface area contributed by atoms with Crippen LogP contribution in [-0.2, 0) is 6.54 Å². The molecule has 0 saturated heterocycles. The lowest BCUT2D eigenvalue weighted by Gasteiger charge is -2.14. The van der Waals surface area contributed by atoms with Gasteiger partial charge >= 0.3 is 0 Å². The molecular formula is C15H9BrFNO2. The van der Waals surface area contributed by atoms with E-state index in [-0.39, 0.29) is 18.4 Å². The number of carbonyl (C=O) groups excluding carboxylic acids is 2. The maximum Gasteiger partial charge on any atom is 0.261 e. The molecule has 3 nitrogen and oxygen atoms in total. The Kier molecular flexibility index (Phi) is 3.14. The van der Waals surface area contributed by atoms with Gasteiger partial charge in [-0.15, -0.1) is 0 Å². The molecule has 2 aromatic rings. The van der Waals surface area contributed by atoms with Gasteiger partial charge in [0, 0.05) is 10.0 Å². The van der Waals surface area contributed by atoms with Crippen LogP contribution in [0, 0.1) is 5.82 Å². The molecule has 3 rings (SSSR count). The van der Waals surface area contributed by atoms with Crippen LogP contribution < -0.4 is 0 Å². The predicted octanol–water partition coefficient (Wildman–Crippen LogP) is 3.38. The van der Waals surface area contributed by atoms with E-state index in [0.29, 0.717) is 21.2 Å². The summed E-state index contributed by atoms with van der Waals surface area (Å²) in [6.45, 7) is -0.0640. The topological polar surface area (TPSA) is 37.4 Å². The van der Waals surface area contributed by atoms with Gasteiger partial charge in [0.25, 0.3) is 11.8 Å². The molecule has 0 atom stereocenters. The van der Waals surface area contributed by atoms with Gasteiger partial charge in [0.1, 0.15) is 5.82 Å². The molecule has 0 aliphatic carbocycles.